The van der Waals surface area contributed by atoms with Crippen LogP contribution in [0.25, 0.3) is 0 Å². The van der Waals surface area contributed by atoms with Gasteiger partial charge in [0, 0.05) is 16.7 Å². The Labute approximate surface area is 202 Å². The average molecular weight is 479 g/mol. The summed E-state index contributed by atoms with van der Waals surface area (Å²) in [7, 11) is 3.13. The van der Waals surface area contributed by atoms with E-state index < -0.39 is 24.0 Å². The van der Waals surface area contributed by atoms with Crippen molar-refractivity contribution in [2.24, 2.45) is 5.92 Å². The summed E-state index contributed by atoms with van der Waals surface area (Å²) < 4.78 is 11.0. The molecule has 3 aromatic rings. The number of amides is 2. The van der Waals surface area contributed by atoms with Crippen LogP contribution in [0.15, 0.2) is 66.7 Å². The van der Waals surface area contributed by atoms with Gasteiger partial charge in [-0.05, 0) is 55.5 Å². The fourth-order valence-electron chi connectivity index (χ4n) is 4.55. The lowest BCUT2D eigenvalue weighted by Gasteiger charge is -2.29. The largest absolute Gasteiger partial charge is 0.497 e. The standard InChI is InChI=1S/C26H23ClN2O5/c1-15-4-8-17(9-5-15)28-25(30)22-23(20-13-12-19(32-2)14-21(20)33-3)29(34-24(22)26(28)31)18-10-6-16(27)7-11-18/h4-14,22-24H,1-3H3/t22-,23-,24+/m0/s1. The summed E-state index contributed by atoms with van der Waals surface area (Å²) in [5.74, 6) is -0.344. The van der Waals surface area contributed by atoms with Crippen molar-refractivity contribution in [3.05, 3.63) is 82.9 Å². The van der Waals surface area contributed by atoms with Crippen LogP contribution in [0.5, 0.6) is 11.5 Å². The van der Waals surface area contributed by atoms with E-state index in [1.807, 2.05) is 25.1 Å². The fourth-order valence-corrected chi connectivity index (χ4v) is 4.68. The van der Waals surface area contributed by atoms with Gasteiger partial charge in [-0.15, -0.1) is 0 Å². The molecule has 2 aliphatic heterocycles. The van der Waals surface area contributed by atoms with Crippen LogP contribution >= 0.6 is 11.6 Å². The number of benzene rings is 3. The van der Waals surface area contributed by atoms with Crippen molar-refractivity contribution in [2.75, 3.05) is 24.2 Å². The molecule has 0 saturated carbocycles. The molecule has 2 saturated heterocycles. The van der Waals surface area contributed by atoms with Gasteiger partial charge in [-0.2, -0.15) is 0 Å². The molecule has 8 heteroatoms. The SMILES string of the molecule is COc1ccc([C@H]2[C@@H]3C(=O)N(c4ccc(C)cc4)C(=O)[C@@H]3ON2c2ccc(Cl)cc2)c(OC)c1. The fraction of sp³-hybridized carbons (Fsp3) is 0.231. The van der Waals surface area contributed by atoms with Crippen LogP contribution in [0, 0.1) is 12.8 Å². The van der Waals surface area contributed by atoms with E-state index in [0.717, 1.165) is 5.56 Å². The van der Waals surface area contributed by atoms with E-state index in [2.05, 4.69) is 0 Å². The van der Waals surface area contributed by atoms with E-state index in [0.29, 0.717) is 33.5 Å². The Hall–Kier alpha value is -3.55. The van der Waals surface area contributed by atoms with Gasteiger partial charge in [-0.25, -0.2) is 9.96 Å². The van der Waals surface area contributed by atoms with Crippen molar-refractivity contribution in [1.82, 2.24) is 0 Å². The minimum Gasteiger partial charge on any atom is -0.497 e. The molecule has 34 heavy (non-hydrogen) atoms. The minimum absolute atomic E-state index is 0.321. The van der Waals surface area contributed by atoms with Gasteiger partial charge in [0.25, 0.3) is 5.91 Å². The topological polar surface area (TPSA) is 68.3 Å². The Kier molecular flexibility index (Phi) is 5.67. The van der Waals surface area contributed by atoms with E-state index in [1.54, 1.807) is 67.8 Å². The first-order chi connectivity index (χ1) is 16.4. The monoisotopic (exact) mass is 478 g/mol. The number of methoxy groups -OCH3 is 2. The van der Waals surface area contributed by atoms with Crippen LogP contribution in [0.4, 0.5) is 11.4 Å². The van der Waals surface area contributed by atoms with E-state index in [1.165, 1.54) is 4.90 Å². The molecular weight excluding hydrogens is 456 g/mol. The maximum Gasteiger partial charge on any atom is 0.266 e. The van der Waals surface area contributed by atoms with Gasteiger partial charge in [0.2, 0.25) is 5.91 Å². The summed E-state index contributed by atoms with van der Waals surface area (Å²) in [6.07, 6.45) is -0.971. The molecule has 2 fully saturated rings. The van der Waals surface area contributed by atoms with Gasteiger partial charge in [-0.3, -0.25) is 14.4 Å². The van der Waals surface area contributed by atoms with Crippen LogP contribution in [0.1, 0.15) is 17.2 Å². The second kappa shape index (κ2) is 8.66. The van der Waals surface area contributed by atoms with Gasteiger partial charge in [-0.1, -0.05) is 29.3 Å². The van der Waals surface area contributed by atoms with E-state index in [9.17, 15) is 9.59 Å². The highest BCUT2D eigenvalue weighted by atomic mass is 35.5. The summed E-state index contributed by atoms with van der Waals surface area (Å²) in [5.41, 5.74) is 2.94. The third kappa shape index (κ3) is 3.57. The molecule has 0 aliphatic carbocycles. The van der Waals surface area contributed by atoms with Gasteiger partial charge >= 0.3 is 0 Å². The van der Waals surface area contributed by atoms with Gasteiger partial charge in [0.05, 0.1) is 31.6 Å². The third-order valence-corrected chi connectivity index (χ3v) is 6.50. The number of imide groups is 1. The summed E-state index contributed by atoms with van der Waals surface area (Å²) >= 11 is 6.08. The van der Waals surface area contributed by atoms with E-state index in [4.69, 9.17) is 25.9 Å². The average Bonchev–Trinajstić information content (AvgIpc) is 3.35. The highest BCUT2D eigenvalue weighted by Crippen LogP contribution is 2.50. The normalized spacial score (nSPS) is 21.7. The highest BCUT2D eigenvalue weighted by Gasteiger charge is 2.60. The minimum atomic E-state index is -0.971. The first-order valence-corrected chi connectivity index (χ1v) is 11.2. The molecule has 0 bridgehead atoms. The zero-order chi connectivity index (χ0) is 24.0. The van der Waals surface area contributed by atoms with Crippen LogP contribution in [-0.4, -0.2) is 32.1 Å². The van der Waals surface area contributed by atoms with E-state index in [-0.39, 0.29) is 5.91 Å². The Morgan fingerprint density at radius 3 is 2.18 bits per heavy atom. The zero-order valence-electron chi connectivity index (χ0n) is 18.9. The van der Waals surface area contributed by atoms with Crippen molar-refractivity contribution < 1.29 is 23.9 Å². The number of hydroxylamine groups is 1. The maximum absolute atomic E-state index is 13.7. The second-order valence-corrected chi connectivity index (χ2v) is 8.69. The number of hydrogen-bond donors (Lipinski definition) is 0. The summed E-state index contributed by atoms with van der Waals surface area (Å²) in [6, 6.07) is 19.1. The zero-order valence-corrected chi connectivity index (χ0v) is 19.7. The number of carbonyl (C=O) groups is 2. The number of aryl methyl sites for hydroxylation is 1. The molecule has 0 spiro atoms. The first kappa shape index (κ1) is 22.3. The molecule has 2 heterocycles. The highest BCUT2D eigenvalue weighted by molar-refractivity contribution is 6.30. The Morgan fingerprint density at radius 2 is 1.53 bits per heavy atom. The van der Waals surface area contributed by atoms with Crippen molar-refractivity contribution in [3.8, 4) is 11.5 Å². The number of ether oxygens (including phenoxy) is 2. The van der Waals surface area contributed by atoms with Crippen molar-refractivity contribution in [2.45, 2.75) is 19.1 Å². The van der Waals surface area contributed by atoms with Gasteiger partial charge in [0.1, 0.15) is 17.4 Å². The summed E-state index contributed by atoms with van der Waals surface area (Å²) in [4.78, 5) is 34.6. The number of nitrogens with zero attached hydrogens (tertiary/aromatic N) is 2. The molecule has 2 aliphatic rings. The number of anilines is 2. The number of fused-ring (bicyclic) bond motifs is 1. The van der Waals surface area contributed by atoms with Crippen molar-refractivity contribution >= 4 is 34.8 Å². The Balaban J connectivity index is 1.62. The van der Waals surface area contributed by atoms with Crippen LogP contribution in [0.2, 0.25) is 5.02 Å². The van der Waals surface area contributed by atoms with Crippen LogP contribution < -0.4 is 19.4 Å². The molecule has 0 aromatic heterocycles. The first-order valence-electron chi connectivity index (χ1n) is 10.8. The van der Waals surface area contributed by atoms with Crippen molar-refractivity contribution in [3.63, 3.8) is 0 Å². The predicted molar refractivity (Wildman–Crippen MR) is 128 cm³/mol. The molecular formula is C26H23ClN2O5. The lowest BCUT2D eigenvalue weighted by molar-refractivity contribution is -0.126. The molecule has 0 N–H and O–H groups in total. The quantitative estimate of drug-likeness (QED) is 0.494. The predicted octanol–water partition coefficient (Wildman–Crippen LogP) is 4.72. The van der Waals surface area contributed by atoms with Crippen LogP contribution in [-0.2, 0) is 14.4 Å². The number of halogens is 1. The van der Waals surface area contributed by atoms with Gasteiger partial charge < -0.3 is 9.47 Å². The van der Waals surface area contributed by atoms with Gasteiger partial charge in [0.15, 0.2) is 6.10 Å². The smallest absolute Gasteiger partial charge is 0.266 e. The van der Waals surface area contributed by atoms with Crippen molar-refractivity contribution in [1.29, 1.82) is 0 Å². The van der Waals surface area contributed by atoms with Crippen LogP contribution in [0.3, 0.4) is 0 Å². The molecule has 0 radical (unpaired) electrons. The maximum atomic E-state index is 13.7. The lowest BCUT2D eigenvalue weighted by Crippen LogP contribution is -2.37. The number of hydrogen-bond acceptors (Lipinski definition) is 6. The molecule has 7 nitrogen and oxygen atoms in total. The molecule has 5 rings (SSSR count). The molecule has 3 aromatic carbocycles. The second-order valence-electron chi connectivity index (χ2n) is 8.25. The third-order valence-electron chi connectivity index (χ3n) is 6.25. The molecule has 3 atom stereocenters. The Bertz CT molecular complexity index is 1250. The summed E-state index contributed by atoms with van der Waals surface area (Å²) in [5, 5.41) is 2.18. The molecule has 0 unspecified atom stereocenters. The Morgan fingerprint density at radius 1 is 0.853 bits per heavy atom. The van der Waals surface area contributed by atoms with E-state index >= 15 is 0 Å². The number of rotatable bonds is 5. The molecule has 2 amide bonds. The molecule has 174 valence electrons. The lowest BCUT2D eigenvalue weighted by atomic mass is 9.90. The number of carbonyl (C=O) groups excluding carboxylic acids is 2. The summed E-state index contributed by atoms with van der Waals surface area (Å²) in [6.45, 7) is 1.95.